The topological polar surface area (TPSA) is 44.4 Å². The molecule has 0 aromatic heterocycles. The molecule has 1 saturated heterocycles. The molecule has 1 aliphatic heterocycles. The van der Waals surface area contributed by atoms with Gasteiger partial charge < -0.3 is 15.5 Å². The maximum absolute atomic E-state index is 11.8. The van der Waals surface area contributed by atoms with Crippen molar-refractivity contribution in [1.82, 2.24) is 15.5 Å². The molecule has 0 saturated carbocycles. The quantitative estimate of drug-likeness (QED) is 0.716. The van der Waals surface area contributed by atoms with Crippen LogP contribution in [0.3, 0.4) is 0 Å². The summed E-state index contributed by atoms with van der Waals surface area (Å²) in [6.07, 6.45) is 2.12. The molecule has 1 rings (SSSR count). The second kappa shape index (κ2) is 6.86. The summed E-state index contributed by atoms with van der Waals surface area (Å²) < 4.78 is 0. The molecule has 4 nitrogen and oxygen atoms in total. The molecule has 0 radical (unpaired) electrons. The molecular formula is C12H25N3O. The molecule has 0 bridgehead atoms. The van der Waals surface area contributed by atoms with Gasteiger partial charge >= 0.3 is 0 Å². The zero-order valence-corrected chi connectivity index (χ0v) is 10.8. The van der Waals surface area contributed by atoms with Crippen molar-refractivity contribution < 1.29 is 4.79 Å². The predicted octanol–water partition coefficient (Wildman–Crippen LogP) is 0.442. The summed E-state index contributed by atoms with van der Waals surface area (Å²) in [7, 11) is 2.07. The maximum Gasteiger partial charge on any atom is 0.224 e. The fourth-order valence-corrected chi connectivity index (χ4v) is 1.89. The van der Waals surface area contributed by atoms with Crippen LogP contribution in [0.4, 0.5) is 0 Å². The lowest BCUT2D eigenvalue weighted by Gasteiger charge is -2.27. The van der Waals surface area contributed by atoms with Crippen molar-refractivity contribution in [2.75, 3.05) is 33.2 Å². The molecule has 0 aromatic rings. The summed E-state index contributed by atoms with van der Waals surface area (Å²) in [4.78, 5) is 14.0. The van der Waals surface area contributed by atoms with E-state index in [4.69, 9.17) is 0 Å². The Morgan fingerprint density at radius 1 is 1.50 bits per heavy atom. The molecule has 1 heterocycles. The number of amides is 1. The highest BCUT2D eigenvalue weighted by atomic mass is 16.1. The minimum absolute atomic E-state index is 0.170. The van der Waals surface area contributed by atoms with Crippen molar-refractivity contribution in [1.29, 1.82) is 0 Å². The van der Waals surface area contributed by atoms with Gasteiger partial charge in [0.2, 0.25) is 5.91 Å². The third-order valence-electron chi connectivity index (χ3n) is 3.36. The molecule has 2 unspecified atom stereocenters. The van der Waals surface area contributed by atoms with Gasteiger partial charge in [-0.15, -0.1) is 0 Å². The zero-order valence-electron chi connectivity index (χ0n) is 10.8. The second-order valence-corrected chi connectivity index (χ2v) is 4.77. The van der Waals surface area contributed by atoms with Crippen molar-refractivity contribution >= 4 is 5.91 Å². The summed E-state index contributed by atoms with van der Waals surface area (Å²) in [5.74, 6) is 0.382. The molecule has 0 spiro atoms. The normalized spacial score (nSPS) is 25.8. The van der Waals surface area contributed by atoms with Crippen molar-refractivity contribution in [2.45, 2.75) is 32.7 Å². The van der Waals surface area contributed by atoms with Crippen molar-refractivity contribution in [3.05, 3.63) is 0 Å². The lowest BCUT2D eigenvalue weighted by molar-refractivity contribution is -0.125. The molecule has 94 valence electrons. The fourth-order valence-electron chi connectivity index (χ4n) is 1.89. The molecule has 0 aromatic carbocycles. The highest BCUT2D eigenvalue weighted by molar-refractivity contribution is 5.78. The first kappa shape index (κ1) is 13.5. The number of likely N-dealkylation sites (N-methyl/N-ethyl adjacent to an activating group) is 1. The van der Waals surface area contributed by atoms with Gasteiger partial charge in [0, 0.05) is 25.7 Å². The third-order valence-corrected chi connectivity index (χ3v) is 3.36. The SMILES string of the molecule is CCN(C)CCNC(=O)C1CCC(C)NC1. The van der Waals surface area contributed by atoms with Gasteiger partial charge in [-0.25, -0.2) is 0 Å². The minimum atomic E-state index is 0.170. The first-order valence-electron chi connectivity index (χ1n) is 6.33. The molecule has 1 fully saturated rings. The fraction of sp³-hybridized carbons (Fsp3) is 0.917. The monoisotopic (exact) mass is 227 g/mol. The van der Waals surface area contributed by atoms with Crippen LogP contribution in [0.1, 0.15) is 26.7 Å². The first-order chi connectivity index (χ1) is 7.63. The molecule has 1 aliphatic rings. The summed E-state index contributed by atoms with van der Waals surface area (Å²) in [6.45, 7) is 7.83. The van der Waals surface area contributed by atoms with Crippen LogP contribution in [0.2, 0.25) is 0 Å². The van der Waals surface area contributed by atoms with Crippen molar-refractivity contribution in [2.24, 2.45) is 5.92 Å². The van der Waals surface area contributed by atoms with Gasteiger partial charge in [-0.2, -0.15) is 0 Å². The van der Waals surface area contributed by atoms with Gasteiger partial charge in [0.15, 0.2) is 0 Å². The van der Waals surface area contributed by atoms with E-state index in [2.05, 4.69) is 36.4 Å². The Morgan fingerprint density at radius 2 is 2.25 bits per heavy atom. The van der Waals surface area contributed by atoms with Gasteiger partial charge in [-0.3, -0.25) is 4.79 Å². The maximum atomic E-state index is 11.8. The summed E-state index contributed by atoms with van der Waals surface area (Å²) in [5.41, 5.74) is 0. The van der Waals surface area contributed by atoms with Crippen LogP contribution in [-0.2, 0) is 4.79 Å². The van der Waals surface area contributed by atoms with Crippen molar-refractivity contribution in [3.8, 4) is 0 Å². The van der Waals surface area contributed by atoms with E-state index in [0.29, 0.717) is 6.04 Å². The van der Waals surface area contributed by atoms with E-state index in [-0.39, 0.29) is 11.8 Å². The van der Waals surface area contributed by atoms with Crippen LogP contribution in [0.15, 0.2) is 0 Å². The van der Waals surface area contributed by atoms with E-state index in [1.807, 2.05) is 0 Å². The first-order valence-corrected chi connectivity index (χ1v) is 6.33. The standard InChI is InChI=1S/C12H25N3O/c1-4-15(3)8-7-13-12(16)11-6-5-10(2)14-9-11/h10-11,14H,4-9H2,1-3H3,(H,13,16). The van der Waals surface area contributed by atoms with Crippen LogP contribution in [0, 0.1) is 5.92 Å². The van der Waals surface area contributed by atoms with Gasteiger partial charge in [0.1, 0.15) is 0 Å². The van der Waals surface area contributed by atoms with Crippen LogP contribution in [0.25, 0.3) is 0 Å². The molecule has 2 atom stereocenters. The summed E-state index contributed by atoms with van der Waals surface area (Å²) >= 11 is 0. The lowest BCUT2D eigenvalue weighted by atomic mass is 9.95. The Kier molecular flexibility index (Phi) is 5.77. The van der Waals surface area contributed by atoms with E-state index in [0.717, 1.165) is 39.0 Å². The molecular weight excluding hydrogens is 202 g/mol. The van der Waals surface area contributed by atoms with Gasteiger partial charge in [0.05, 0.1) is 5.92 Å². The Balaban J connectivity index is 2.15. The van der Waals surface area contributed by atoms with E-state index in [1.54, 1.807) is 0 Å². The second-order valence-electron chi connectivity index (χ2n) is 4.77. The highest BCUT2D eigenvalue weighted by Crippen LogP contribution is 2.13. The minimum Gasteiger partial charge on any atom is -0.355 e. The summed E-state index contributed by atoms with van der Waals surface area (Å²) in [6, 6.07) is 0.565. The number of rotatable bonds is 5. The highest BCUT2D eigenvalue weighted by Gasteiger charge is 2.23. The van der Waals surface area contributed by atoms with E-state index in [9.17, 15) is 4.79 Å². The van der Waals surface area contributed by atoms with Crippen LogP contribution < -0.4 is 10.6 Å². The average Bonchev–Trinajstić information content (AvgIpc) is 2.29. The Labute approximate surface area is 98.8 Å². The van der Waals surface area contributed by atoms with E-state index >= 15 is 0 Å². The lowest BCUT2D eigenvalue weighted by Crippen LogP contribution is -2.45. The zero-order chi connectivity index (χ0) is 12.0. The number of piperidine rings is 1. The predicted molar refractivity (Wildman–Crippen MR) is 66.4 cm³/mol. The number of carbonyl (C=O) groups excluding carboxylic acids is 1. The third kappa shape index (κ3) is 4.49. The van der Waals surface area contributed by atoms with Crippen LogP contribution >= 0.6 is 0 Å². The largest absolute Gasteiger partial charge is 0.355 e. The Hall–Kier alpha value is -0.610. The number of carbonyl (C=O) groups is 1. The number of hydrogen-bond donors (Lipinski definition) is 2. The van der Waals surface area contributed by atoms with E-state index in [1.165, 1.54) is 0 Å². The summed E-state index contributed by atoms with van der Waals surface area (Å²) in [5, 5.41) is 6.36. The smallest absolute Gasteiger partial charge is 0.224 e. The van der Waals surface area contributed by atoms with Gasteiger partial charge in [-0.1, -0.05) is 6.92 Å². The van der Waals surface area contributed by atoms with Gasteiger partial charge in [-0.05, 0) is 33.4 Å². The van der Waals surface area contributed by atoms with Crippen LogP contribution in [-0.4, -0.2) is 50.1 Å². The molecule has 16 heavy (non-hydrogen) atoms. The van der Waals surface area contributed by atoms with Gasteiger partial charge in [0.25, 0.3) is 0 Å². The number of hydrogen-bond acceptors (Lipinski definition) is 3. The molecule has 0 aliphatic carbocycles. The van der Waals surface area contributed by atoms with Crippen LogP contribution in [0.5, 0.6) is 0 Å². The number of nitrogens with zero attached hydrogens (tertiary/aromatic N) is 1. The Morgan fingerprint density at radius 3 is 2.81 bits per heavy atom. The van der Waals surface area contributed by atoms with E-state index < -0.39 is 0 Å². The number of nitrogens with one attached hydrogen (secondary N) is 2. The Bertz CT molecular complexity index is 212. The van der Waals surface area contributed by atoms with Crippen molar-refractivity contribution in [3.63, 3.8) is 0 Å². The molecule has 2 N–H and O–H groups in total. The molecule has 4 heteroatoms. The molecule has 1 amide bonds. The average molecular weight is 227 g/mol.